The van der Waals surface area contributed by atoms with Crippen molar-refractivity contribution in [1.82, 2.24) is 0 Å². The highest BCUT2D eigenvalue weighted by molar-refractivity contribution is 7.46. The van der Waals surface area contributed by atoms with Crippen molar-refractivity contribution in [1.29, 1.82) is 0 Å². The monoisotopic (exact) mass is 255 g/mol. The molecule has 0 saturated carbocycles. The molecule has 17 heavy (non-hydrogen) atoms. The van der Waals surface area contributed by atoms with Crippen LogP contribution in [0.3, 0.4) is 0 Å². The Bertz CT molecular complexity index is 377. The van der Waals surface area contributed by atoms with Gasteiger partial charge in [0.05, 0.1) is 0 Å². The Labute approximate surface area is 101 Å². The third-order valence-corrected chi connectivity index (χ3v) is 3.95. The van der Waals surface area contributed by atoms with E-state index in [1.54, 1.807) is 0 Å². The number of rotatable bonds is 7. The molecule has 2 atom stereocenters. The number of unbranched alkanes of at least 4 members (excludes halogenated alkanes) is 1. The van der Waals surface area contributed by atoms with Gasteiger partial charge in [-0.2, -0.15) is 0 Å². The Kier molecular flexibility index (Phi) is 5.81. The number of hydrogen-bond donors (Lipinski definition) is 2. The van der Waals surface area contributed by atoms with Gasteiger partial charge in [0.2, 0.25) is 0 Å². The van der Waals surface area contributed by atoms with Crippen LogP contribution >= 0.6 is 7.80 Å². The van der Waals surface area contributed by atoms with Crippen LogP contribution in [0.1, 0.15) is 18.4 Å². The van der Waals surface area contributed by atoms with Crippen LogP contribution in [0.15, 0.2) is 30.3 Å². The summed E-state index contributed by atoms with van der Waals surface area (Å²) < 4.78 is 11.3. The molecular formula is C12H16O4P+. The standard InChI is InChI=1S/C12H15O4P/c13-11(14)12(15)17(16)9-5-4-8-10-6-2-1-3-7-10/h1-3,6-7,12,15H,4-5,8-9H2/p+1. The van der Waals surface area contributed by atoms with Gasteiger partial charge in [0.15, 0.2) is 0 Å². The molecule has 0 saturated heterocycles. The van der Waals surface area contributed by atoms with E-state index in [0.29, 0.717) is 6.42 Å². The average Bonchev–Trinajstić information content (AvgIpc) is 2.34. The van der Waals surface area contributed by atoms with E-state index >= 15 is 0 Å². The van der Waals surface area contributed by atoms with Gasteiger partial charge in [-0.3, -0.25) is 0 Å². The molecule has 4 nitrogen and oxygen atoms in total. The summed E-state index contributed by atoms with van der Waals surface area (Å²) in [6, 6.07) is 9.91. The van der Waals surface area contributed by atoms with Gasteiger partial charge in [0, 0.05) is 0 Å². The van der Waals surface area contributed by atoms with Gasteiger partial charge in [0.1, 0.15) is 6.16 Å². The number of hydrogen-bond acceptors (Lipinski definition) is 3. The first kappa shape index (κ1) is 13.8. The zero-order chi connectivity index (χ0) is 12.7. The van der Waals surface area contributed by atoms with Gasteiger partial charge in [-0.05, 0) is 24.8 Å². The number of carboxylic acid groups (broad SMARTS) is 1. The van der Waals surface area contributed by atoms with Crippen molar-refractivity contribution in [3.8, 4) is 0 Å². The average molecular weight is 255 g/mol. The second kappa shape index (κ2) is 7.15. The first-order chi connectivity index (χ1) is 8.11. The normalized spacial score (nSPS) is 13.1. The van der Waals surface area contributed by atoms with Gasteiger partial charge < -0.3 is 10.2 Å². The van der Waals surface area contributed by atoms with Crippen LogP contribution in [0.2, 0.25) is 0 Å². The van der Waals surface area contributed by atoms with Crippen LogP contribution in [-0.2, 0) is 15.8 Å². The molecule has 1 aromatic carbocycles. The molecule has 0 aromatic heterocycles. The quantitative estimate of drug-likeness (QED) is 0.578. The van der Waals surface area contributed by atoms with Crippen molar-refractivity contribution in [2.24, 2.45) is 0 Å². The Hall–Kier alpha value is -1.25. The van der Waals surface area contributed by atoms with Crippen LogP contribution in [0.4, 0.5) is 0 Å². The highest BCUT2D eigenvalue weighted by Gasteiger charge is 2.34. The Morgan fingerprint density at radius 2 is 1.88 bits per heavy atom. The van der Waals surface area contributed by atoms with E-state index in [1.165, 1.54) is 5.56 Å². The van der Waals surface area contributed by atoms with E-state index < -0.39 is 19.6 Å². The van der Waals surface area contributed by atoms with Gasteiger partial charge >= 0.3 is 19.6 Å². The lowest BCUT2D eigenvalue weighted by Crippen LogP contribution is -2.15. The zero-order valence-electron chi connectivity index (χ0n) is 9.45. The van der Waals surface area contributed by atoms with E-state index in [2.05, 4.69) is 0 Å². The summed E-state index contributed by atoms with van der Waals surface area (Å²) in [5.74, 6) is -3.13. The molecular weight excluding hydrogens is 239 g/mol. The minimum Gasteiger partial charge on any atom is -0.476 e. The largest absolute Gasteiger partial charge is 0.476 e. The molecule has 1 aromatic rings. The summed E-state index contributed by atoms with van der Waals surface area (Å²) in [4.78, 5) is 10.4. The number of aliphatic hydroxyl groups is 1. The van der Waals surface area contributed by atoms with Gasteiger partial charge in [-0.15, -0.1) is 0 Å². The Morgan fingerprint density at radius 3 is 2.47 bits per heavy atom. The van der Waals surface area contributed by atoms with E-state index in [1.807, 2.05) is 30.3 Å². The molecule has 0 aliphatic rings. The third kappa shape index (κ3) is 5.07. The summed E-state index contributed by atoms with van der Waals surface area (Å²) in [5.41, 5.74) is 1.21. The van der Waals surface area contributed by atoms with E-state index in [9.17, 15) is 9.36 Å². The molecule has 5 heteroatoms. The second-order valence-electron chi connectivity index (χ2n) is 3.80. The zero-order valence-corrected chi connectivity index (χ0v) is 10.3. The summed E-state index contributed by atoms with van der Waals surface area (Å²) >= 11 is 0. The highest BCUT2D eigenvalue weighted by Crippen LogP contribution is 2.27. The van der Waals surface area contributed by atoms with Crippen LogP contribution < -0.4 is 0 Å². The lowest BCUT2D eigenvalue weighted by molar-refractivity contribution is -0.142. The van der Waals surface area contributed by atoms with Crippen molar-refractivity contribution in [2.75, 3.05) is 6.16 Å². The number of carbonyl (C=O) groups is 1. The van der Waals surface area contributed by atoms with E-state index in [0.717, 1.165) is 12.8 Å². The molecule has 2 unspecified atom stereocenters. The van der Waals surface area contributed by atoms with Gasteiger partial charge in [-0.1, -0.05) is 34.9 Å². The van der Waals surface area contributed by atoms with Crippen molar-refractivity contribution in [2.45, 2.75) is 25.1 Å². The van der Waals surface area contributed by atoms with Crippen LogP contribution in [-0.4, -0.2) is 28.2 Å². The summed E-state index contributed by atoms with van der Waals surface area (Å²) in [7, 11) is -2.06. The van der Waals surface area contributed by atoms with E-state index in [-0.39, 0.29) is 6.16 Å². The maximum absolute atomic E-state index is 11.3. The Morgan fingerprint density at radius 1 is 1.24 bits per heavy atom. The van der Waals surface area contributed by atoms with Crippen molar-refractivity contribution < 1.29 is 19.6 Å². The summed E-state index contributed by atoms with van der Waals surface area (Å²) in [5, 5.41) is 17.5. The minimum atomic E-state index is -2.06. The third-order valence-electron chi connectivity index (χ3n) is 2.43. The lowest BCUT2D eigenvalue weighted by Gasteiger charge is -1.98. The number of aryl methyl sites for hydroxylation is 1. The van der Waals surface area contributed by atoms with E-state index in [4.69, 9.17) is 10.2 Å². The number of carboxylic acids is 1. The maximum atomic E-state index is 11.3. The molecule has 2 N–H and O–H groups in total. The van der Waals surface area contributed by atoms with Crippen molar-refractivity contribution in [3.63, 3.8) is 0 Å². The number of aliphatic hydroxyl groups excluding tert-OH is 1. The fourth-order valence-corrected chi connectivity index (χ4v) is 2.51. The predicted molar refractivity (Wildman–Crippen MR) is 65.5 cm³/mol. The summed E-state index contributed by atoms with van der Waals surface area (Å²) in [6.07, 6.45) is 2.65. The molecule has 0 bridgehead atoms. The highest BCUT2D eigenvalue weighted by atomic mass is 31.1. The molecule has 92 valence electrons. The molecule has 0 aliphatic carbocycles. The predicted octanol–water partition coefficient (Wildman–Crippen LogP) is 2.24. The summed E-state index contributed by atoms with van der Waals surface area (Å²) in [6.45, 7) is 0. The maximum Gasteiger partial charge on any atom is 0.384 e. The van der Waals surface area contributed by atoms with Gasteiger partial charge in [0.25, 0.3) is 0 Å². The minimum absolute atomic E-state index is 0.260. The topological polar surface area (TPSA) is 74.6 Å². The first-order valence-corrected chi connectivity index (χ1v) is 7.01. The number of aliphatic carboxylic acids is 1. The van der Waals surface area contributed by atoms with Gasteiger partial charge in [-0.25, -0.2) is 4.79 Å². The van der Waals surface area contributed by atoms with Crippen LogP contribution in [0.5, 0.6) is 0 Å². The van der Waals surface area contributed by atoms with Crippen LogP contribution in [0.25, 0.3) is 0 Å². The fraction of sp³-hybridized carbons (Fsp3) is 0.417. The second-order valence-corrected chi connectivity index (χ2v) is 5.57. The molecule has 0 heterocycles. The molecule has 0 radical (unpaired) electrons. The number of benzene rings is 1. The molecule has 1 rings (SSSR count). The Balaban J connectivity index is 2.21. The molecule has 0 aliphatic heterocycles. The fourth-order valence-electron chi connectivity index (χ4n) is 1.49. The SMILES string of the molecule is O=C(O)C(O)[P+](=O)CCCCc1ccccc1. The smallest absolute Gasteiger partial charge is 0.384 e. The lowest BCUT2D eigenvalue weighted by atomic mass is 10.1. The molecule has 0 fully saturated rings. The molecule has 0 amide bonds. The van der Waals surface area contributed by atoms with Crippen molar-refractivity contribution >= 4 is 13.8 Å². The molecule has 0 spiro atoms. The van der Waals surface area contributed by atoms with Crippen molar-refractivity contribution in [3.05, 3.63) is 35.9 Å². The first-order valence-electron chi connectivity index (χ1n) is 5.50. The van der Waals surface area contributed by atoms with Crippen LogP contribution in [0, 0.1) is 0 Å².